The van der Waals surface area contributed by atoms with Gasteiger partial charge in [0.05, 0.1) is 3.92 Å². The number of carbonyl (C=O) groups is 1. The van der Waals surface area contributed by atoms with E-state index in [0.29, 0.717) is 12.5 Å². The number of hydrogen-bond donors (Lipinski definition) is 1. The molecule has 1 aliphatic rings. The molecule has 1 aromatic carbocycles. The minimum atomic E-state index is 0.0443. The summed E-state index contributed by atoms with van der Waals surface area (Å²) in [5.74, 6) is 0.547. The fourth-order valence-electron chi connectivity index (χ4n) is 2.16. The highest BCUT2D eigenvalue weighted by molar-refractivity contribution is 14.1. The van der Waals surface area contributed by atoms with Crippen molar-refractivity contribution in [3.63, 3.8) is 0 Å². The van der Waals surface area contributed by atoms with Crippen LogP contribution in [0.4, 0.5) is 0 Å². The lowest BCUT2D eigenvalue weighted by Gasteiger charge is -2.21. The summed E-state index contributed by atoms with van der Waals surface area (Å²) in [6, 6.07) is 10.0. The third-order valence-corrected chi connectivity index (χ3v) is 4.72. The lowest BCUT2D eigenvalue weighted by atomic mass is 9.93. The van der Waals surface area contributed by atoms with Gasteiger partial charge in [-0.1, -0.05) is 65.1 Å². The Morgan fingerprint density at radius 3 is 2.83 bits per heavy atom. The van der Waals surface area contributed by atoms with E-state index in [0.717, 1.165) is 18.4 Å². The van der Waals surface area contributed by atoms with Gasteiger partial charge in [0.15, 0.2) is 0 Å². The highest BCUT2D eigenvalue weighted by Crippen LogP contribution is 2.25. The molecule has 0 radical (unpaired) electrons. The van der Waals surface area contributed by atoms with Gasteiger partial charge in [-0.05, 0) is 30.7 Å². The molecule has 2 rings (SSSR count). The van der Waals surface area contributed by atoms with E-state index >= 15 is 0 Å². The average molecular weight is 355 g/mol. The third-order valence-electron chi connectivity index (χ3n) is 3.23. The summed E-state index contributed by atoms with van der Waals surface area (Å²) < 4.78 is 0.0443. The Labute approximate surface area is 122 Å². The van der Waals surface area contributed by atoms with Crippen molar-refractivity contribution in [2.24, 2.45) is 5.92 Å². The molecule has 0 heterocycles. The predicted octanol–water partition coefficient (Wildman–Crippen LogP) is 3.46. The van der Waals surface area contributed by atoms with E-state index in [1.54, 1.807) is 0 Å². The number of alkyl halides is 1. The van der Waals surface area contributed by atoms with Crippen molar-refractivity contribution < 1.29 is 4.79 Å². The lowest BCUT2D eigenvalue weighted by molar-refractivity contribution is -0.121. The van der Waals surface area contributed by atoms with Crippen LogP contribution in [-0.4, -0.2) is 9.83 Å². The van der Waals surface area contributed by atoms with Gasteiger partial charge in [-0.25, -0.2) is 0 Å². The number of rotatable bonds is 4. The van der Waals surface area contributed by atoms with Crippen LogP contribution in [0.3, 0.4) is 0 Å². The molecule has 0 saturated heterocycles. The fraction of sp³-hybridized carbons (Fsp3) is 0.400. The maximum absolute atomic E-state index is 12.1. The Balaban J connectivity index is 1.84. The number of carbonyl (C=O) groups excluding carboxylic acids is 1. The van der Waals surface area contributed by atoms with Crippen molar-refractivity contribution in [3.05, 3.63) is 48.0 Å². The second-order valence-electron chi connectivity index (χ2n) is 4.63. The number of benzene rings is 1. The first-order valence-electron chi connectivity index (χ1n) is 6.40. The van der Waals surface area contributed by atoms with E-state index in [2.05, 4.69) is 40.1 Å². The first kappa shape index (κ1) is 13.6. The molecule has 0 bridgehead atoms. The summed E-state index contributed by atoms with van der Waals surface area (Å²) >= 11 is 2.27. The van der Waals surface area contributed by atoms with E-state index < -0.39 is 0 Å². The summed E-state index contributed by atoms with van der Waals surface area (Å²) in [7, 11) is 0. The van der Waals surface area contributed by atoms with E-state index in [-0.39, 0.29) is 9.83 Å². The van der Waals surface area contributed by atoms with Crippen LogP contribution in [0.15, 0.2) is 42.5 Å². The van der Waals surface area contributed by atoms with Gasteiger partial charge in [0, 0.05) is 6.54 Å². The molecule has 0 fully saturated rings. The summed E-state index contributed by atoms with van der Waals surface area (Å²) in [5.41, 5.74) is 1.15. The molecule has 2 nitrogen and oxygen atoms in total. The second-order valence-corrected chi connectivity index (χ2v) is 5.97. The summed E-state index contributed by atoms with van der Waals surface area (Å²) in [5, 5.41) is 3.02. The van der Waals surface area contributed by atoms with Crippen LogP contribution in [0.1, 0.15) is 24.8 Å². The van der Waals surface area contributed by atoms with E-state index in [1.165, 1.54) is 6.42 Å². The van der Waals surface area contributed by atoms with E-state index in [9.17, 15) is 4.79 Å². The molecular weight excluding hydrogens is 337 g/mol. The third kappa shape index (κ3) is 3.83. The highest BCUT2D eigenvalue weighted by atomic mass is 127. The Bertz CT molecular complexity index is 416. The van der Waals surface area contributed by atoms with Crippen molar-refractivity contribution in [1.82, 2.24) is 5.32 Å². The maximum atomic E-state index is 12.1. The molecular formula is C15H18INO. The monoisotopic (exact) mass is 355 g/mol. The molecule has 0 unspecified atom stereocenters. The molecule has 0 aromatic heterocycles. The summed E-state index contributed by atoms with van der Waals surface area (Å²) in [6.07, 6.45) is 7.88. The summed E-state index contributed by atoms with van der Waals surface area (Å²) in [4.78, 5) is 12.1. The molecule has 0 spiro atoms. The first-order valence-corrected chi connectivity index (χ1v) is 7.64. The average Bonchev–Trinajstić information content (AvgIpc) is 2.46. The zero-order valence-electron chi connectivity index (χ0n) is 10.3. The minimum Gasteiger partial charge on any atom is -0.351 e. The largest absolute Gasteiger partial charge is 0.351 e. The summed E-state index contributed by atoms with van der Waals surface area (Å²) in [6.45, 7) is 0.621. The number of amides is 1. The Morgan fingerprint density at radius 2 is 2.17 bits per heavy atom. The van der Waals surface area contributed by atoms with Crippen LogP contribution < -0.4 is 5.32 Å². The molecule has 0 saturated carbocycles. The topological polar surface area (TPSA) is 29.1 Å². The van der Waals surface area contributed by atoms with Crippen molar-refractivity contribution >= 4 is 28.5 Å². The number of halogens is 1. The molecule has 2 atom stereocenters. The van der Waals surface area contributed by atoms with Crippen molar-refractivity contribution in [3.8, 4) is 0 Å². The molecule has 1 N–H and O–H groups in total. The fourth-order valence-corrected chi connectivity index (χ4v) is 2.98. The Morgan fingerprint density at radius 1 is 1.39 bits per heavy atom. The highest BCUT2D eigenvalue weighted by Gasteiger charge is 2.24. The lowest BCUT2D eigenvalue weighted by Crippen LogP contribution is -2.35. The molecule has 1 aliphatic carbocycles. The predicted molar refractivity (Wildman–Crippen MR) is 82.6 cm³/mol. The maximum Gasteiger partial charge on any atom is 0.233 e. The van der Waals surface area contributed by atoms with Gasteiger partial charge in [-0.3, -0.25) is 4.79 Å². The van der Waals surface area contributed by atoms with Crippen molar-refractivity contribution in [2.75, 3.05) is 0 Å². The zero-order chi connectivity index (χ0) is 12.8. The zero-order valence-corrected chi connectivity index (χ0v) is 12.5. The van der Waals surface area contributed by atoms with Gasteiger partial charge in [0.25, 0.3) is 0 Å². The van der Waals surface area contributed by atoms with Gasteiger partial charge < -0.3 is 5.32 Å². The van der Waals surface area contributed by atoms with Gasteiger partial charge in [0.2, 0.25) is 5.91 Å². The van der Waals surface area contributed by atoms with E-state index in [1.807, 2.05) is 30.3 Å². The normalized spacial score (nSPS) is 20.4. The van der Waals surface area contributed by atoms with Gasteiger partial charge >= 0.3 is 0 Å². The minimum absolute atomic E-state index is 0.0443. The van der Waals surface area contributed by atoms with Crippen LogP contribution in [0.5, 0.6) is 0 Å². The number of hydrogen-bond acceptors (Lipinski definition) is 1. The van der Waals surface area contributed by atoms with Crippen LogP contribution in [0.2, 0.25) is 0 Å². The first-order chi connectivity index (χ1) is 8.77. The smallest absolute Gasteiger partial charge is 0.233 e. The molecule has 3 heteroatoms. The molecule has 96 valence electrons. The van der Waals surface area contributed by atoms with Gasteiger partial charge in [-0.15, -0.1) is 0 Å². The van der Waals surface area contributed by atoms with Crippen molar-refractivity contribution in [2.45, 2.75) is 29.7 Å². The van der Waals surface area contributed by atoms with Crippen LogP contribution in [0, 0.1) is 5.92 Å². The van der Waals surface area contributed by atoms with Crippen LogP contribution >= 0.6 is 22.6 Å². The molecule has 1 aromatic rings. The SMILES string of the molecule is O=C(NCc1ccccc1)[C@@H](I)[C@H]1C=CCCC1. The Kier molecular flexibility index (Phi) is 5.23. The molecule has 1 amide bonds. The number of allylic oxidation sites excluding steroid dienone is 2. The van der Waals surface area contributed by atoms with Gasteiger partial charge in [-0.2, -0.15) is 0 Å². The van der Waals surface area contributed by atoms with Crippen molar-refractivity contribution in [1.29, 1.82) is 0 Å². The molecule has 18 heavy (non-hydrogen) atoms. The van der Waals surface area contributed by atoms with Crippen LogP contribution in [0.25, 0.3) is 0 Å². The van der Waals surface area contributed by atoms with Gasteiger partial charge in [0.1, 0.15) is 0 Å². The second kappa shape index (κ2) is 6.92. The molecule has 0 aliphatic heterocycles. The number of nitrogens with one attached hydrogen (secondary N) is 1. The Hall–Kier alpha value is -0.840. The quantitative estimate of drug-likeness (QED) is 0.500. The van der Waals surface area contributed by atoms with E-state index in [4.69, 9.17) is 0 Å². The standard InChI is InChI=1S/C15H18INO/c16-14(13-9-5-2-6-10-13)15(18)17-11-12-7-3-1-4-8-12/h1,3-5,7-9,13-14H,2,6,10-11H2,(H,17,18)/t13-,14-/m0/s1. The van der Waals surface area contributed by atoms with Crippen LogP contribution in [-0.2, 0) is 11.3 Å².